The minimum atomic E-state index is -1.15. The van der Waals surface area contributed by atoms with E-state index in [4.69, 9.17) is 26.8 Å². The summed E-state index contributed by atoms with van der Waals surface area (Å²) in [5, 5.41) is 9.42. The molecule has 0 radical (unpaired) electrons. The monoisotopic (exact) mass is 233 g/mol. The Labute approximate surface area is 90.4 Å². The van der Waals surface area contributed by atoms with Crippen LogP contribution >= 0.6 is 11.6 Å². The summed E-state index contributed by atoms with van der Waals surface area (Å²) in [6.07, 6.45) is -1.15. The van der Waals surface area contributed by atoms with Crippen molar-refractivity contribution >= 4 is 11.6 Å². The highest BCUT2D eigenvalue weighted by Gasteiger charge is 2.27. The maximum absolute atomic E-state index is 13.6. The number of hydrogen-bond acceptors (Lipinski definition) is 4. The van der Waals surface area contributed by atoms with Gasteiger partial charge in [0.2, 0.25) is 6.79 Å². The third-order valence-corrected chi connectivity index (χ3v) is 2.42. The first-order valence-electron chi connectivity index (χ1n) is 4.30. The third kappa shape index (κ3) is 1.62. The van der Waals surface area contributed by atoms with E-state index in [1.54, 1.807) is 0 Å². The van der Waals surface area contributed by atoms with E-state index in [1.807, 2.05) is 0 Å². The van der Waals surface area contributed by atoms with E-state index in [9.17, 15) is 9.50 Å². The number of nitrogens with two attached hydrogens (primary N) is 1. The molecule has 1 aromatic rings. The molecule has 0 saturated carbocycles. The average Bonchev–Trinajstić information content (AvgIpc) is 2.66. The van der Waals surface area contributed by atoms with Crippen LogP contribution in [0.3, 0.4) is 0 Å². The molecule has 1 aromatic carbocycles. The number of ether oxygens (including phenoxy) is 2. The van der Waals surface area contributed by atoms with Gasteiger partial charge in [0, 0.05) is 12.6 Å². The molecule has 1 aliphatic rings. The predicted molar refractivity (Wildman–Crippen MR) is 51.5 cm³/mol. The maximum Gasteiger partial charge on any atom is 0.231 e. The molecule has 0 aromatic heterocycles. The first-order valence-corrected chi connectivity index (χ1v) is 4.68. The summed E-state index contributed by atoms with van der Waals surface area (Å²) in [6, 6.07) is 1.31. The lowest BCUT2D eigenvalue weighted by atomic mass is 10.1. The van der Waals surface area contributed by atoms with Crippen molar-refractivity contribution in [3.63, 3.8) is 0 Å². The van der Waals surface area contributed by atoms with Gasteiger partial charge in [-0.15, -0.1) is 0 Å². The molecule has 3 N–H and O–H groups in total. The molecular weight excluding hydrogens is 225 g/mol. The minimum Gasteiger partial charge on any atom is -0.454 e. The molecule has 2 rings (SSSR count). The molecule has 0 fully saturated rings. The highest BCUT2D eigenvalue weighted by molar-refractivity contribution is 6.31. The number of aliphatic hydroxyl groups excluding tert-OH is 1. The quantitative estimate of drug-likeness (QED) is 0.806. The smallest absolute Gasteiger partial charge is 0.231 e. The SMILES string of the molecule is NCC(O)c1c(F)c(Cl)cc2c1OCO2. The van der Waals surface area contributed by atoms with Gasteiger partial charge in [-0.3, -0.25) is 0 Å². The minimum absolute atomic E-state index is 0.0145. The van der Waals surface area contributed by atoms with Gasteiger partial charge in [-0.25, -0.2) is 4.39 Å². The number of rotatable bonds is 2. The lowest BCUT2D eigenvalue weighted by Crippen LogP contribution is -2.14. The van der Waals surface area contributed by atoms with E-state index < -0.39 is 11.9 Å². The van der Waals surface area contributed by atoms with Crippen LogP contribution in [0.5, 0.6) is 11.5 Å². The average molecular weight is 234 g/mol. The highest BCUT2D eigenvalue weighted by atomic mass is 35.5. The first-order chi connectivity index (χ1) is 7.15. The fourth-order valence-electron chi connectivity index (χ4n) is 1.43. The van der Waals surface area contributed by atoms with Crippen molar-refractivity contribution < 1.29 is 19.0 Å². The Morgan fingerprint density at radius 1 is 1.60 bits per heavy atom. The van der Waals surface area contributed by atoms with Crippen LogP contribution < -0.4 is 15.2 Å². The van der Waals surface area contributed by atoms with E-state index in [1.165, 1.54) is 6.07 Å². The van der Waals surface area contributed by atoms with Gasteiger partial charge in [0.05, 0.1) is 16.7 Å². The number of aliphatic hydroxyl groups is 1. The lowest BCUT2D eigenvalue weighted by molar-refractivity contribution is 0.158. The molecule has 0 bridgehead atoms. The molecule has 15 heavy (non-hydrogen) atoms. The van der Waals surface area contributed by atoms with Crippen molar-refractivity contribution in [1.82, 2.24) is 0 Å². The summed E-state index contributed by atoms with van der Waals surface area (Å²) in [6.45, 7) is -0.132. The summed E-state index contributed by atoms with van der Waals surface area (Å²) in [7, 11) is 0. The van der Waals surface area contributed by atoms with Gasteiger partial charge in [-0.1, -0.05) is 11.6 Å². The normalized spacial score (nSPS) is 15.5. The zero-order chi connectivity index (χ0) is 11.0. The van der Waals surface area contributed by atoms with Crippen LogP contribution in [0.25, 0.3) is 0 Å². The maximum atomic E-state index is 13.6. The highest BCUT2D eigenvalue weighted by Crippen LogP contribution is 2.42. The fourth-order valence-corrected chi connectivity index (χ4v) is 1.63. The van der Waals surface area contributed by atoms with Crippen molar-refractivity contribution in [2.24, 2.45) is 5.73 Å². The van der Waals surface area contributed by atoms with Crippen LogP contribution in [0.4, 0.5) is 4.39 Å². The largest absolute Gasteiger partial charge is 0.454 e. The van der Waals surface area contributed by atoms with Gasteiger partial charge in [0.25, 0.3) is 0 Å². The van der Waals surface area contributed by atoms with E-state index in [0.29, 0.717) is 5.75 Å². The molecule has 6 heteroatoms. The Balaban J connectivity index is 2.60. The van der Waals surface area contributed by atoms with Gasteiger partial charge in [-0.2, -0.15) is 0 Å². The van der Waals surface area contributed by atoms with Crippen LogP contribution in [0.1, 0.15) is 11.7 Å². The number of fused-ring (bicyclic) bond motifs is 1. The Hall–Kier alpha value is -1.04. The van der Waals surface area contributed by atoms with Crippen molar-refractivity contribution in [2.75, 3.05) is 13.3 Å². The number of hydrogen-bond donors (Lipinski definition) is 2. The Bertz CT molecular complexity index is 399. The Morgan fingerprint density at radius 2 is 2.33 bits per heavy atom. The van der Waals surface area contributed by atoms with Gasteiger partial charge in [-0.05, 0) is 0 Å². The number of halogens is 2. The predicted octanol–water partition coefficient (Wildman–Crippen LogP) is 1.20. The third-order valence-electron chi connectivity index (χ3n) is 2.15. The fraction of sp³-hybridized carbons (Fsp3) is 0.333. The Morgan fingerprint density at radius 3 is 3.00 bits per heavy atom. The van der Waals surface area contributed by atoms with Crippen LogP contribution in [-0.2, 0) is 0 Å². The summed E-state index contributed by atoms with van der Waals surface area (Å²) in [4.78, 5) is 0. The van der Waals surface area contributed by atoms with Crippen LogP contribution in [0, 0.1) is 5.82 Å². The van der Waals surface area contributed by atoms with E-state index in [2.05, 4.69) is 0 Å². The van der Waals surface area contributed by atoms with Gasteiger partial charge < -0.3 is 20.3 Å². The molecule has 1 aliphatic heterocycles. The number of benzene rings is 1. The second-order valence-corrected chi connectivity index (χ2v) is 3.48. The van der Waals surface area contributed by atoms with Crippen molar-refractivity contribution in [2.45, 2.75) is 6.10 Å². The Kier molecular flexibility index (Phi) is 2.68. The molecular formula is C9H9ClFNO3. The van der Waals surface area contributed by atoms with Crippen molar-refractivity contribution in [1.29, 1.82) is 0 Å². The summed E-state index contributed by atoms with van der Waals surface area (Å²) >= 11 is 5.64. The lowest BCUT2D eigenvalue weighted by Gasteiger charge is -2.12. The van der Waals surface area contributed by atoms with Crippen molar-refractivity contribution in [3.05, 3.63) is 22.5 Å². The standard InChI is InChI=1S/C9H9ClFNO3/c10-4-1-6-9(15-3-14-6)7(8(4)11)5(13)2-12/h1,5,13H,2-3,12H2. The second kappa shape index (κ2) is 3.84. The van der Waals surface area contributed by atoms with Gasteiger partial charge in [0.1, 0.15) is 0 Å². The molecule has 1 atom stereocenters. The molecule has 4 nitrogen and oxygen atoms in total. The molecule has 1 unspecified atom stereocenters. The molecule has 0 saturated heterocycles. The van der Waals surface area contributed by atoms with E-state index in [0.717, 1.165) is 0 Å². The van der Waals surface area contributed by atoms with E-state index in [-0.39, 0.29) is 29.7 Å². The molecule has 0 aliphatic carbocycles. The molecule has 0 amide bonds. The topological polar surface area (TPSA) is 64.7 Å². The zero-order valence-electron chi connectivity index (χ0n) is 7.67. The zero-order valence-corrected chi connectivity index (χ0v) is 8.42. The first kappa shape index (κ1) is 10.5. The molecule has 1 heterocycles. The van der Waals surface area contributed by atoms with Gasteiger partial charge in [0.15, 0.2) is 17.3 Å². The molecule has 82 valence electrons. The van der Waals surface area contributed by atoms with Crippen LogP contribution in [-0.4, -0.2) is 18.4 Å². The van der Waals surface area contributed by atoms with Crippen LogP contribution in [0.15, 0.2) is 6.07 Å². The van der Waals surface area contributed by atoms with Gasteiger partial charge >= 0.3 is 0 Å². The summed E-state index contributed by atoms with van der Waals surface area (Å²) < 4.78 is 23.7. The van der Waals surface area contributed by atoms with E-state index >= 15 is 0 Å². The van der Waals surface area contributed by atoms with Crippen molar-refractivity contribution in [3.8, 4) is 11.5 Å². The molecule has 0 spiro atoms. The second-order valence-electron chi connectivity index (χ2n) is 3.07. The summed E-state index contributed by atoms with van der Waals surface area (Å²) in [5.74, 6) is -0.224. The van der Waals surface area contributed by atoms with Crippen LogP contribution in [0.2, 0.25) is 5.02 Å². The summed E-state index contributed by atoms with van der Waals surface area (Å²) in [5.41, 5.74) is 5.22.